The maximum Gasteiger partial charge on any atom is 0.226 e. The highest BCUT2D eigenvalue weighted by molar-refractivity contribution is 8.00. The molecule has 0 amide bonds. The second kappa shape index (κ2) is 5.86. The molecule has 0 aliphatic heterocycles. The van der Waals surface area contributed by atoms with Crippen molar-refractivity contribution in [1.29, 1.82) is 0 Å². The van der Waals surface area contributed by atoms with Crippen molar-refractivity contribution >= 4 is 35.3 Å². The lowest BCUT2D eigenvalue weighted by atomic mass is 10.3. The molecule has 8 heteroatoms. The van der Waals surface area contributed by atoms with E-state index in [0.717, 1.165) is 14.0 Å². The summed E-state index contributed by atoms with van der Waals surface area (Å²) >= 11 is 8.36. The molecule has 0 N–H and O–H groups in total. The minimum Gasteiger partial charge on any atom is -0.425 e. The minimum atomic E-state index is 0.572. The number of benzene rings is 1. The first-order chi connectivity index (χ1) is 9.72. The fraction of sp³-hybridized carbons (Fsp3) is 0.167. The van der Waals surface area contributed by atoms with E-state index in [-0.39, 0.29) is 0 Å². The second-order valence-electron chi connectivity index (χ2n) is 3.88. The maximum absolute atomic E-state index is 5.34. The molecule has 2 aromatic heterocycles. The molecule has 102 valence electrons. The number of thioether (sulfide) groups is 1. The van der Waals surface area contributed by atoms with Crippen molar-refractivity contribution in [1.82, 2.24) is 20.0 Å². The summed E-state index contributed by atoms with van der Waals surface area (Å²) in [5.41, 5.74) is 0.967. The molecule has 3 rings (SSSR count). The predicted molar refractivity (Wildman–Crippen MR) is 80.9 cm³/mol. The molecule has 0 saturated heterocycles. The van der Waals surface area contributed by atoms with Crippen LogP contribution in [0.15, 0.2) is 39.1 Å². The largest absolute Gasteiger partial charge is 0.425 e. The van der Waals surface area contributed by atoms with Crippen LogP contribution in [-0.2, 0) is 5.75 Å². The Morgan fingerprint density at radius 2 is 2.10 bits per heavy atom. The van der Waals surface area contributed by atoms with Crippen LogP contribution in [0.3, 0.4) is 0 Å². The van der Waals surface area contributed by atoms with Crippen molar-refractivity contribution in [3.05, 3.63) is 46.1 Å². The Labute approximate surface area is 128 Å². The summed E-state index contributed by atoms with van der Waals surface area (Å²) in [5, 5.41) is 12.3. The smallest absolute Gasteiger partial charge is 0.226 e. The number of hydrogen-bond acceptors (Lipinski definition) is 7. The minimum absolute atomic E-state index is 0.572. The highest BCUT2D eigenvalue weighted by Crippen LogP contribution is 2.26. The quantitative estimate of drug-likeness (QED) is 0.540. The molecule has 5 nitrogen and oxygen atoms in total. The first-order valence-electron chi connectivity index (χ1n) is 5.80. The van der Waals surface area contributed by atoms with Gasteiger partial charge >= 0.3 is 0 Å². The molecule has 0 aliphatic rings. The van der Waals surface area contributed by atoms with E-state index in [0.29, 0.717) is 17.5 Å². The van der Waals surface area contributed by atoms with Gasteiger partial charge in [-0.15, -0.1) is 15.3 Å². The first kappa shape index (κ1) is 13.5. The molecule has 0 atom stereocenters. The fourth-order valence-corrected chi connectivity index (χ4v) is 3.77. The van der Waals surface area contributed by atoms with Crippen molar-refractivity contribution in [2.75, 3.05) is 0 Å². The van der Waals surface area contributed by atoms with Gasteiger partial charge in [0.2, 0.25) is 11.8 Å². The van der Waals surface area contributed by atoms with Crippen molar-refractivity contribution < 1.29 is 4.42 Å². The number of nitrogens with zero attached hydrogens (tertiary/aromatic N) is 4. The third-order valence-electron chi connectivity index (χ3n) is 2.42. The van der Waals surface area contributed by atoms with Gasteiger partial charge in [0.1, 0.15) is 0 Å². The standard InChI is InChI=1S/C12H10N4OS3/c1-8-13-14-10(17-8)7-19-11-15-16(12(18)20-11)9-5-3-2-4-6-9/h2-6H,7H2,1H3. The van der Waals surface area contributed by atoms with Gasteiger partial charge in [-0.1, -0.05) is 41.3 Å². The van der Waals surface area contributed by atoms with Crippen LogP contribution in [0.5, 0.6) is 0 Å². The Morgan fingerprint density at radius 3 is 2.80 bits per heavy atom. The number of aromatic nitrogens is 4. The molecule has 1 aromatic carbocycles. The van der Waals surface area contributed by atoms with Crippen LogP contribution in [0, 0.1) is 10.9 Å². The molecule has 2 heterocycles. The zero-order valence-electron chi connectivity index (χ0n) is 10.5. The van der Waals surface area contributed by atoms with Crippen LogP contribution in [0.1, 0.15) is 11.8 Å². The van der Waals surface area contributed by atoms with Crippen LogP contribution >= 0.6 is 35.3 Å². The van der Waals surface area contributed by atoms with Gasteiger partial charge in [-0.05, 0) is 24.4 Å². The summed E-state index contributed by atoms with van der Waals surface area (Å²) in [7, 11) is 0. The van der Waals surface area contributed by atoms with Gasteiger partial charge in [0.25, 0.3) is 0 Å². The van der Waals surface area contributed by atoms with Crippen LogP contribution in [0.25, 0.3) is 5.69 Å². The summed E-state index contributed by atoms with van der Waals surface area (Å²) in [6.45, 7) is 1.77. The lowest BCUT2D eigenvalue weighted by Gasteiger charge is -1.98. The molecule has 0 aliphatic carbocycles. The Bertz CT molecular complexity index is 762. The Balaban J connectivity index is 1.77. The number of para-hydroxylation sites is 1. The monoisotopic (exact) mass is 322 g/mol. The number of aryl methyl sites for hydroxylation is 1. The van der Waals surface area contributed by atoms with E-state index in [1.54, 1.807) is 23.4 Å². The molecule has 0 spiro atoms. The van der Waals surface area contributed by atoms with E-state index in [4.69, 9.17) is 16.6 Å². The van der Waals surface area contributed by atoms with E-state index in [2.05, 4.69) is 15.3 Å². The summed E-state index contributed by atoms with van der Waals surface area (Å²) in [6.07, 6.45) is 0. The third-order valence-corrected chi connectivity index (χ3v) is 4.77. The van der Waals surface area contributed by atoms with Crippen LogP contribution in [0.4, 0.5) is 0 Å². The van der Waals surface area contributed by atoms with Crippen molar-refractivity contribution in [3.63, 3.8) is 0 Å². The Hall–Kier alpha value is -1.51. The van der Waals surface area contributed by atoms with E-state index >= 15 is 0 Å². The summed E-state index contributed by atoms with van der Waals surface area (Å²) < 4.78 is 8.70. The molecule has 0 fully saturated rings. The molecule has 0 saturated carbocycles. The molecular formula is C12H10N4OS3. The van der Waals surface area contributed by atoms with Crippen LogP contribution < -0.4 is 0 Å². The van der Waals surface area contributed by atoms with Crippen molar-refractivity contribution in [2.24, 2.45) is 0 Å². The van der Waals surface area contributed by atoms with Gasteiger partial charge < -0.3 is 4.42 Å². The average Bonchev–Trinajstić information content (AvgIpc) is 3.03. The molecular weight excluding hydrogens is 312 g/mol. The third kappa shape index (κ3) is 2.97. The lowest BCUT2D eigenvalue weighted by Crippen LogP contribution is -1.95. The highest BCUT2D eigenvalue weighted by Gasteiger charge is 2.09. The average molecular weight is 322 g/mol. The Kier molecular flexibility index (Phi) is 3.95. The molecule has 20 heavy (non-hydrogen) atoms. The fourth-order valence-electron chi connectivity index (χ4n) is 1.57. The maximum atomic E-state index is 5.34. The SMILES string of the molecule is Cc1nnc(CSc2nn(-c3ccccc3)c(=S)s2)o1. The molecule has 0 radical (unpaired) electrons. The summed E-state index contributed by atoms with van der Waals surface area (Å²) in [4.78, 5) is 0. The van der Waals surface area contributed by atoms with Gasteiger partial charge in [0, 0.05) is 6.92 Å². The molecule has 0 bridgehead atoms. The normalized spacial score (nSPS) is 10.8. The topological polar surface area (TPSA) is 56.7 Å². The van der Waals surface area contributed by atoms with Crippen molar-refractivity contribution in [2.45, 2.75) is 17.0 Å². The Morgan fingerprint density at radius 1 is 1.30 bits per heavy atom. The van der Waals surface area contributed by atoms with E-state index in [1.807, 2.05) is 30.3 Å². The predicted octanol–water partition coefficient (Wildman–Crippen LogP) is 3.65. The van der Waals surface area contributed by atoms with E-state index in [1.165, 1.54) is 11.3 Å². The van der Waals surface area contributed by atoms with Gasteiger partial charge in [-0.25, -0.2) is 4.68 Å². The second-order valence-corrected chi connectivity index (χ2v) is 6.73. The molecule has 0 unspecified atom stereocenters. The van der Waals surface area contributed by atoms with E-state index in [9.17, 15) is 0 Å². The zero-order chi connectivity index (χ0) is 13.9. The number of hydrogen-bond donors (Lipinski definition) is 0. The highest BCUT2D eigenvalue weighted by atomic mass is 32.2. The number of rotatable bonds is 4. The van der Waals surface area contributed by atoms with Crippen molar-refractivity contribution in [3.8, 4) is 5.69 Å². The van der Waals surface area contributed by atoms with Crippen LogP contribution in [0.2, 0.25) is 0 Å². The molecule has 3 aromatic rings. The first-order valence-corrected chi connectivity index (χ1v) is 8.01. The van der Waals surface area contributed by atoms with Gasteiger partial charge in [0.15, 0.2) is 8.29 Å². The van der Waals surface area contributed by atoms with Gasteiger partial charge in [0.05, 0.1) is 11.4 Å². The van der Waals surface area contributed by atoms with Crippen LogP contribution in [-0.4, -0.2) is 20.0 Å². The summed E-state index contributed by atoms with van der Waals surface area (Å²) in [5.74, 6) is 1.76. The van der Waals surface area contributed by atoms with Gasteiger partial charge in [-0.2, -0.15) is 0 Å². The van der Waals surface area contributed by atoms with E-state index < -0.39 is 0 Å². The summed E-state index contributed by atoms with van der Waals surface area (Å²) in [6, 6.07) is 9.85. The van der Waals surface area contributed by atoms with Gasteiger partial charge in [-0.3, -0.25) is 0 Å². The zero-order valence-corrected chi connectivity index (χ0v) is 13.0. The lowest BCUT2D eigenvalue weighted by molar-refractivity contribution is 0.485.